The van der Waals surface area contributed by atoms with E-state index >= 15 is 0 Å². The Balaban J connectivity index is 2.35. The third kappa shape index (κ3) is 5.52. The number of pyridine rings is 1. The zero-order chi connectivity index (χ0) is 15.2. The Labute approximate surface area is 120 Å². The predicted octanol–water partition coefficient (Wildman–Crippen LogP) is 1.54. The second-order valence-corrected chi connectivity index (χ2v) is 6.67. The van der Waals surface area contributed by atoms with Crippen molar-refractivity contribution < 1.29 is 12.8 Å². The van der Waals surface area contributed by atoms with E-state index < -0.39 is 10.0 Å². The van der Waals surface area contributed by atoms with Gasteiger partial charge in [0.2, 0.25) is 10.0 Å². The summed E-state index contributed by atoms with van der Waals surface area (Å²) in [5, 5.41) is 3.24. The molecular formula is C13H22FN3O2S. The summed E-state index contributed by atoms with van der Waals surface area (Å²) in [6.45, 7) is 5.40. The molecule has 0 aliphatic rings. The Morgan fingerprint density at radius 1 is 1.45 bits per heavy atom. The molecule has 0 saturated heterocycles. The largest absolute Gasteiger partial charge is 0.309 e. The highest BCUT2D eigenvalue weighted by Crippen LogP contribution is 2.09. The fourth-order valence-electron chi connectivity index (χ4n) is 1.88. The highest BCUT2D eigenvalue weighted by atomic mass is 32.2. The Kier molecular flexibility index (Phi) is 6.51. The summed E-state index contributed by atoms with van der Waals surface area (Å²) in [5.74, 6) is -0.354. The maximum Gasteiger partial charge on any atom is 0.211 e. The van der Waals surface area contributed by atoms with Gasteiger partial charge in [-0.25, -0.2) is 17.1 Å². The van der Waals surface area contributed by atoms with Crippen molar-refractivity contribution in [1.29, 1.82) is 0 Å². The van der Waals surface area contributed by atoms with Crippen LogP contribution in [-0.2, 0) is 10.0 Å². The fourth-order valence-corrected chi connectivity index (χ4v) is 2.81. The van der Waals surface area contributed by atoms with Crippen LogP contribution < -0.4 is 5.32 Å². The highest BCUT2D eigenvalue weighted by Gasteiger charge is 2.13. The van der Waals surface area contributed by atoms with Crippen molar-refractivity contribution in [2.45, 2.75) is 26.3 Å². The Bertz CT molecular complexity index is 505. The third-order valence-corrected chi connectivity index (χ3v) is 4.43. The van der Waals surface area contributed by atoms with E-state index in [9.17, 15) is 12.8 Å². The summed E-state index contributed by atoms with van der Waals surface area (Å²) in [6.07, 6.45) is 3.12. The first-order chi connectivity index (χ1) is 9.34. The van der Waals surface area contributed by atoms with Crippen molar-refractivity contribution in [3.05, 3.63) is 29.8 Å². The molecule has 0 spiro atoms. The van der Waals surface area contributed by atoms with Crippen molar-refractivity contribution >= 4 is 10.0 Å². The molecular weight excluding hydrogens is 281 g/mol. The van der Waals surface area contributed by atoms with E-state index in [-0.39, 0.29) is 11.9 Å². The SMILES string of the molecule is CCN(CCCNC(C)c1ccc(F)cn1)S(C)(=O)=O. The van der Waals surface area contributed by atoms with Crippen molar-refractivity contribution in [2.24, 2.45) is 0 Å². The van der Waals surface area contributed by atoms with Crippen molar-refractivity contribution in [2.75, 3.05) is 25.9 Å². The first-order valence-electron chi connectivity index (χ1n) is 6.64. The number of hydrogen-bond donors (Lipinski definition) is 1. The van der Waals surface area contributed by atoms with Crippen LogP contribution in [0.25, 0.3) is 0 Å². The van der Waals surface area contributed by atoms with E-state index in [0.29, 0.717) is 26.1 Å². The van der Waals surface area contributed by atoms with Crippen LogP contribution in [-0.4, -0.2) is 43.6 Å². The lowest BCUT2D eigenvalue weighted by molar-refractivity contribution is 0.412. The molecule has 0 aromatic carbocycles. The van der Waals surface area contributed by atoms with Gasteiger partial charge in [0.15, 0.2) is 0 Å². The smallest absolute Gasteiger partial charge is 0.211 e. The lowest BCUT2D eigenvalue weighted by atomic mass is 10.2. The first-order valence-corrected chi connectivity index (χ1v) is 8.49. The lowest BCUT2D eigenvalue weighted by Crippen LogP contribution is -2.32. The molecule has 1 heterocycles. The van der Waals surface area contributed by atoms with E-state index in [2.05, 4.69) is 10.3 Å². The average molecular weight is 303 g/mol. The zero-order valence-corrected chi connectivity index (χ0v) is 13.0. The van der Waals surface area contributed by atoms with Gasteiger partial charge in [-0.3, -0.25) is 4.98 Å². The van der Waals surface area contributed by atoms with Gasteiger partial charge in [0, 0.05) is 19.1 Å². The highest BCUT2D eigenvalue weighted by molar-refractivity contribution is 7.88. The van der Waals surface area contributed by atoms with Crippen molar-refractivity contribution in [3.8, 4) is 0 Å². The standard InChI is InChI=1S/C13H22FN3O2S/c1-4-17(20(3,18)19)9-5-8-15-11(2)13-7-6-12(14)10-16-13/h6-7,10-11,15H,4-5,8-9H2,1-3H3. The molecule has 0 fully saturated rings. The Hall–Kier alpha value is -1.05. The second-order valence-electron chi connectivity index (χ2n) is 4.69. The molecule has 1 N–H and O–H groups in total. The Morgan fingerprint density at radius 3 is 2.65 bits per heavy atom. The minimum Gasteiger partial charge on any atom is -0.309 e. The monoisotopic (exact) mass is 303 g/mol. The van der Waals surface area contributed by atoms with Gasteiger partial charge in [-0.2, -0.15) is 0 Å². The molecule has 1 aromatic heterocycles. The Morgan fingerprint density at radius 2 is 2.15 bits per heavy atom. The van der Waals surface area contributed by atoms with Gasteiger partial charge in [-0.15, -0.1) is 0 Å². The van der Waals surface area contributed by atoms with Crippen LogP contribution in [0, 0.1) is 5.82 Å². The molecule has 1 atom stereocenters. The van der Waals surface area contributed by atoms with E-state index in [4.69, 9.17) is 0 Å². The molecule has 0 aliphatic heterocycles. The summed E-state index contributed by atoms with van der Waals surface area (Å²) in [7, 11) is -3.12. The number of hydrogen-bond acceptors (Lipinski definition) is 4. The van der Waals surface area contributed by atoms with Crippen molar-refractivity contribution in [3.63, 3.8) is 0 Å². The van der Waals surface area contributed by atoms with Crippen LogP contribution in [0.2, 0.25) is 0 Å². The summed E-state index contributed by atoms with van der Waals surface area (Å²) in [5.41, 5.74) is 0.766. The minimum atomic E-state index is -3.12. The zero-order valence-electron chi connectivity index (χ0n) is 12.1. The van der Waals surface area contributed by atoms with Crippen LogP contribution in [0.1, 0.15) is 32.0 Å². The summed E-state index contributed by atoms with van der Waals surface area (Å²) in [6, 6.07) is 3.02. The third-order valence-electron chi connectivity index (χ3n) is 3.05. The van der Waals surface area contributed by atoms with Gasteiger partial charge in [0.05, 0.1) is 18.1 Å². The van der Waals surface area contributed by atoms with Crippen LogP contribution in [0.5, 0.6) is 0 Å². The number of halogens is 1. The topological polar surface area (TPSA) is 62.3 Å². The van der Waals surface area contributed by atoms with E-state index in [1.807, 2.05) is 13.8 Å². The number of nitrogens with one attached hydrogen (secondary N) is 1. The van der Waals surface area contributed by atoms with E-state index in [1.165, 1.54) is 22.8 Å². The predicted molar refractivity (Wildman–Crippen MR) is 77.3 cm³/mol. The van der Waals surface area contributed by atoms with Crippen LogP contribution in [0.3, 0.4) is 0 Å². The van der Waals surface area contributed by atoms with Gasteiger partial charge in [0.25, 0.3) is 0 Å². The van der Waals surface area contributed by atoms with Crippen LogP contribution >= 0.6 is 0 Å². The van der Waals surface area contributed by atoms with Crippen molar-refractivity contribution in [1.82, 2.24) is 14.6 Å². The van der Waals surface area contributed by atoms with Gasteiger partial charge >= 0.3 is 0 Å². The molecule has 0 saturated carbocycles. The second kappa shape index (κ2) is 7.66. The van der Waals surface area contributed by atoms with Gasteiger partial charge in [0.1, 0.15) is 5.82 Å². The summed E-state index contributed by atoms with van der Waals surface area (Å²) in [4.78, 5) is 4.00. The molecule has 1 unspecified atom stereocenters. The van der Waals surface area contributed by atoms with E-state index in [1.54, 1.807) is 6.07 Å². The van der Waals surface area contributed by atoms with E-state index in [0.717, 1.165) is 5.69 Å². The quantitative estimate of drug-likeness (QED) is 0.740. The van der Waals surface area contributed by atoms with Crippen LogP contribution in [0.15, 0.2) is 18.3 Å². The average Bonchev–Trinajstić information content (AvgIpc) is 2.37. The van der Waals surface area contributed by atoms with Crippen LogP contribution in [0.4, 0.5) is 4.39 Å². The molecule has 114 valence electrons. The normalized spacial score (nSPS) is 13.7. The molecule has 0 amide bonds. The number of rotatable bonds is 8. The number of nitrogens with zero attached hydrogens (tertiary/aromatic N) is 2. The number of aromatic nitrogens is 1. The molecule has 0 radical (unpaired) electrons. The molecule has 0 bridgehead atoms. The summed E-state index contributed by atoms with van der Waals surface area (Å²) >= 11 is 0. The fraction of sp³-hybridized carbons (Fsp3) is 0.615. The number of sulfonamides is 1. The maximum absolute atomic E-state index is 12.8. The molecule has 1 aromatic rings. The first kappa shape index (κ1) is 17.0. The van der Waals surface area contributed by atoms with Gasteiger partial charge in [-0.1, -0.05) is 6.92 Å². The lowest BCUT2D eigenvalue weighted by Gasteiger charge is -2.18. The molecule has 0 aliphatic carbocycles. The maximum atomic E-state index is 12.8. The van der Waals surface area contributed by atoms with Gasteiger partial charge in [-0.05, 0) is 32.0 Å². The molecule has 5 nitrogen and oxygen atoms in total. The van der Waals surface area contributed by atoms with Gasteiger partial charge < -0.3 is 5.32 Å². The summed E-state index contributed by atoms with van der Waals surface area (Å²) < 4.78 is 37.0. The minimum absolute atomic E-state index is 0.00362. The molecule has 1 rings (SSSR count). The molecule has 20 heavy (non-hydrogen) atoms. The molecule has 7 heteroatoms.